The lowest BCUT2D eigenvalue weighted by Gasteiger charge is -2.36. The van der Waals surface area contributed by atoms with Crippen molar-refractivity contribution >= 4 is 11.8 Å². The summed E-state index contributed by atoms with van der Waals surface area (Å²) in [6, 6.07) is 0. The Balaban J connectivity index is 3.13. The topological polar surface area (TPSA) is 43.4 Å². The molecule has 1 rings (SSSR count). The zero-order valence-corrected chi connectivity index (χ0v) is 13.8. The van der Waals surface area contributed by atoms with E-state index in [4.69, 9.17) is 4.74 Å². The molecule has 0 spiro atoms. The Morgan fingerprint density at radius 2 is 2.14 bits per heavy atom. The molecule has 3 heteroatoms. The second kappa shape index (κ2) is 6.59. The van der Waals surface area contributed by atoms with Crippen LogP contribution in [0.15, 0.2) is 25.3 Å². The number of ether oxygens (including phenoxy) is 1. The van der Waals surface area contributed by atoms with Crippen LogP contribution in [-0.4, -0.2) is 18.9 Å². The summed E-state index contributed by atoms with van der Waals surface area (Å²) in [6.07, 6.45) is 6.19. The molecule has 118 valence electrons. The molecule has 0 aromatic rings. The quantitative estimate of drug-likeness (QED) is 0.527. The number of hydrogen-bond donors (Lipinski definition) is 0. The smallest absolute Gasteiger partial charge is 0.309 e. The SMILES string of the molecule is C=CC[C@@]1(C)C(=O)CC[C@@H]1[C@@H](CC(C)(C)C=C)C(=O)OC. The number of ketones is 1. The number of methoxy groups -OCH3 is 1. The molecule has 0 N–H and O–H groups in total. The summed E-state index contributed by atoms with van der Waals surface area (Å²) >= 11 is 0. The van der Waals surface area contributed by atoms with Crippen LogP contribution < -0.4 is 0 Å². The van der Waals surface area contributed by atoms with Crippen LogP contribution in [0.4, 0.5) is 0 Å². The summed E-state index contributed by atoms with van der Waals surface area (Å²) in [6.45, 7) is 13.7. The van der Waals surface area contributed by atoms with Gasteiger partial charge >= 0.3 is 5.97 Å². The lowest BCUT2D eigenvalue weighted by atomic mass is 9.66. The molecule has 1 aliphatic carbocycles. The number of carbonyl (C=O) groups is 2. The number of carbonyl (C=O) groups excluding carboxylic acids is 2. The molecule has 1 fully saturated rings. The van der Waals surface area contributed by atoms with E-state index < -0.39 is 5.41 Å². The molecule has 0 radical (unpaired) electrons. The van der Waals surface area contributed by atoms with Gasteiger partial charge in [-0.3, -0.25) is 9.59 Å². The lowest BCUT2D eigenvalue weighted by Crippen LogP contribution is -2.38. The molecule has 0 heterocycles. The Bertz CT molecular complexity index is 436. The number of esters is 1. The molecule has 21 heavy (non-hydrogen) atoms. The van der Waals surface area contributed by atoms with Gasteiger partial charge in [-0.2, -0.15) is 0 Å². The summed E-state index contributed by atoms with van der Waals surface area (Å²) in [4.78, 5) is 24.6. The van der Waals surface area contributed by atoms with Crippen LogP contribution in [0.5, 0.6) is 0 Å². The van der Waals surface area contributed by atoms with Crippen LogP contribution in [0.1, 0.15) is 46.5 Å². The van der Waals surface area contributed by atoms with E-state index in [1.54, 1.807) is 6.08 Å². The Labute approximate surface area is 128 Å². The van der Waals surface area contributed by atoms with E-state index in [0.717, 1.165) is 6.42 Å². The fourth-order valence-electron chi connectivity index (χ4n) is 3.50. The van der Waals surface area contributed by atoms with Crippen molar-refractivity contribution in [2.45, 2.75) is 46.5 Å². The van der Waals surface area contributed by atoms with Crippen molar-refractivity contribution < 1.29 is 14.3 Å². The van der Waals surface area contributed by atoms with Crippen LogP contribution in [0.3, 0.4) is 0 Å². The zero-order valence-electron chi connectivity index (χ0n) is 13.8. The maximum atomic E-state index is 12.3. The van der Waals surface area contributed by atoms with E-state index in [2.05, 4.69) is 27.0 Å². The first-order valence-electron chi connectivity index (χ1n) is 7.57. The highest BCUT2D eigenvalue weighted by Gasteiger charge is 2.51. The summed E-state index contributed by atoms with van der Waals surface area (Å²) in [5, 5.41) is 0. The molecule has 0 aromatic carbocycles. The standard InChI is InChI=1S/C18H28O3/c1-7-11-18(5)14(9-10-15(18)19)13(16(20)21-6)12-17(3,4)8-2/h7-8,13-14H,1-2,9-12H2,3-6H3/t13-,14-,18-/m1/s1. The summed E-state index contributed by atoms with van der Waals surface area (Å²) in [7, 11) is 1.41. The Hall–Kier alpha value is -1.38. The van der Waals surface area contributed by atoms with Gasteiger partial charge in [0.05, 0.1) is 13.0 Å². The van der Waals surface area contributed by atoms with E-state index in [0.29, 0.717) is 19.3 Å². The van der Waals surface area contributed by atoms with Gasteiger partial charge in [-0.05, 0) is 30.6 Å². The van der Waals surface area contributed by atoms with Gasteiger partial charge in [0.15, 0.2) is 0 Å². The van der Waals surface area contributed by atoms with Crippen LogP contribution in [0.25, 0.3) is 0 Å². The van der Waals surface area contributed by atoms with Crippen molar-refractivity contribution in [3.8, 4) is 0 Å². The third-order valence-electron chi connectivity index (χ3n) is 4.99. The van der Waals surface area contributed by atoms with Gasteiger partial charge in [0.1, 0.15) is 5.78 Å². The van der Waals surface area contributed by atoms with E-state index in [-0.39, 0.29) is 29.0 Å². The Morgan fingerprint density at radius 3 is 2.62 bits per heavy atom. The van der Waals surface area contributed by atoms with Gasteiger partial charge in [-0.15, -0.1) is 13.2 Å². The largest absolute Gasteiger partial charge is 0.469 e. The van der Waals surface area contributed by atoms with Crippen molar-refractivity contribution in [3.05, 3.63) is 25.3 Å². The maximum absolute atomic E-state index is 12.3. The van der Waals surface area contributed by atoms with Crippen molar-refractivity contribution in [2.24, 2.45) is 22.7 Å². The number of hydrogen-bond acceptors (Lipinski definition) is 3. The number of Topliss-reactive ketones (excluding diaryl/α,β-unsaturated/α-hetero) is 1. The van der Waals surface area contributed by atoms with Crippen molar-refractivity contribution in [1.29, 1.82) is 0 Å². The highest BCUT2D eigenvalue weighted by Crippen LogP contribution is 2.50. The normalized spacial score (nSPS) is 27.2. The molecule has 0 unspecified atom stereocenters. The highest BCUT2D eigenvalue weighted by atomic mass is 16.5. The average Bonchev–Trinajstić information content (AvgIpc) is 2.72. The van der Waals surface area contributed by atoms with Gasteiger partial charge < -0.3 is 4.74 Å². The first kappa shape index (κ1) is 17.7. The number of rotatable bonds is 7. The minimum atomic E-state index is -0.502. The van der Waals surface area contributed by atoms with Gasteiger partial charge in [0, 0.05) is 11.8 Å². The van der Waals surface area contributed by atoms with Gasteiger partial charge in [0.25, 0.3) is 0 Å². The van der Waals surface area contributed by atoms with Crippen molar-refractivity contribution in [1.82, 2.24) is 0 Å². The minimum Gasteiger partial charge on any atom is -0.469 e. The fourth-order valence-corrected chi connectivity index (χ4v) is 3.50. The highest BCUT2D eigenvalue weighted by molar-refractivity contribution is 5.88. The van der Waals surface area contributed by atoms with E-state index in [1.165, 1.54) is 7.11 Å². The third kappa shape index (κ3) is 3.63. The Morgan fingerprint density at radius 1 is 1.52 bits per heavy atom. The molecule has 1 aliphatic rings. The average molecular weight is 292 g/mol. The third-order valence-corrected chi connectivity index (χ3v) is 4.99. The van der Waals surface area contributed by atoms with Crippen LogP contribution in [-0.2, 0) is 14.3 Å². The monoisotopic (exact) mass is 292 g/mol. The van der Waals surface area contributed by atoms with Crippen molar-refractivity contribution in [3.63, 3.8) is 0 Å². The van der Waals surface area contributed by atoms with E-state index >= 15 is 0 Å². The van der Waals surface area contributed by atoms with E-state index in [9.17, 15) is 9.59 Å². The molecule has 3 atom stereocenters. The molecule has 1 saturated carbocycles. The summed E-state index contributed by atoms with van der Waals surface area (Å²) in [5.74, 6) is -0.258. The predicted octanol–water partition coefficient (Wildman–Crippen LogP) is 3.94. The molecular weight excluding hydrogens is 264 g/mol. The first-order valence-corrected chi connectivity index (χ1v) is 7.57. The molecule has 0 aromatic heterocycles. The molecule has 0 bridgehead atoms. The first-order chi connectivity index (χ1) is 9.71. The van der Waals surface area contributed by atoms with Crippen molar-refractivity contribution in [2.75, 3.05) is 7.11 Å². The molecule has 0 aliphatic heterocycles. The molecule has 0 saturated heterocycles. The van der Waals surface area contributed by atoms with Gasteiger partial charge in [-0.1, -0.05) is 32.9 Å². The summed E-state index contributed by atoms with van der Waals surface area (Å²) in [5.41, 5.74) is -0.669. The minimum absolute atomic E-state index is 0.00896. The van der Waals surface area contributed by atoms with E-state index in [1.807, 2.05) is 13.0 Å². The number of allylic oxidation sites excluding steroid dienone is 2. The molecular formula is C18H28O3. The second-order valence-corrected chi connectivity index (χ2v) is 7.01. The van der Waals surface area contributed by atoms with Crippen LogP contribution in [0.2, 0.25) is 0 Å². The van der Waals surface area contributed by atoms with Crippen LogP contribution >= 0.6 is 0 Å². The summed E-state index contributed by atoms with van der Waals surface area (Å²) < 4.78 is 5.01. The van der Waals surface area contributed by atoms with Gasteiger partial charge in [0.2, 0.25) is 0 Å². The molecule has 0 amide bonds. The van der Waals surface area contributed by atoms with Gasteiger partial charge in [-0.25, -0.2) is 0 Å². The fraction of sp³-hybridized carbons (Fsp3) is 0.667. The Kier molecular flexibility index (Phi) is 5.54. The predicted molar refractivity (Wildman–Crippen MR) is 84.8 cm³/mol. The molecule has 3 nitrogen and oxygen atoms in total. The maximum Gasteiger partial charge on any atom is 0.309 e. The zero-order chi connectivity index (χ0) is 16.3. The lowest BCUT2D eigenvalue weighted by molar-refractivity contribution is -0.150. The van der Waals surface area contributed by atoms with Crippen LogP contribution in [0, 0.1) is 22.7 Å². The second-order valence-electron chi connectivity index (χ2n) is 7.01.